The first-order valence-corrected chi connectivity index (χ1v) is 7.32. The molecule has 118 valence electrons. The summed E-state index contributed by atoms with van der Waals surface area (Å²) in [6.45, 7) is 0.918. The number of benzene rings is 1. The molecule has 0 saturated heterocycles. The number of nitrogen functional groups attached to an aromatic ring is 1. The molecule has 0 saturated carbocycles. The lowest BCUT2D eigenvalue weighted by Gasteiger charge is -2.06. The zero-order chi connectivity index (χ0) is 16.2. The van der Waals surface area contributed by atoms with Crippen molar-refractivity contribution < 1.29 is 4.79 Å². The number of carbonyl (C=O) groups is 1. The van der Waals surface area contributed by atoms with Gasteiger partial charge in [-0.1, -0.05) is 12.1 Å². The predicted molar refractivity (Wildman–Crippen MR) is 89.4 cm³/mol. The number of likely N-dealkylation sites (N-methyl/N-ethyl adjacent to an activating group) is 1. The first-order valence-electron chi connectivity index (χ1n) is 7.32. The molecule has 4 N–H and O–H groups in total. The van der Waals surface area contributed by atoms with E-state index in [2.05, 4.69) is 20.7 Å². The van der Waals surface area contributed by atoms with Crippen molar-refractivity contribution >= 4 is 23.1 Å². The fraction of sp³-hybridized carbons (Fsp3) is 0.188. The molecule has 23 heavy (non-hydrogen) atoms. The van der Waals surface area contributed by atoms with Gasteiger partial charge < -0.3 is 16.4 Å². The molecule has 3 rings (SSSR count). The molecule has 2 aromatic heterocycles. The maximum absolute atomic E-state index is 12.4. The number of anilines is 2. The summed E-state index contributed by atoms with van der Waals surface area (Å²) in [6.07, 6.45) is 3.97. The summed E-state index contributed by atoms with van der Waals surface area (Å²) in [5.41, 5.74) is 8.57. The lowest BCUT2D eigenvalue weighted by Crippen LogP contribution is -2.13. The molecule has 0 aliphatic heterocycles. The Labute approximate surface area is 133 Å². The van der Waals surface area contributed by atoms with Crippen LogP contribution < -0.4 is 16.4 Å². The van der Waals surface area contributed by atoms with E-state index in [9.17, 15) is 4.79 Å². The van der Waals surface area contributed by atoms with Crippen LogP contribution in [-0.2, 0) is 6.42 Å². The SMILES string of the molecule is CNCCc1ccc(NC(=O)c2cnn3c(N)ccnc23)cc1. The van der Waals surface area contributed by atoms with Gasteiger partial charge in [0, 0.05) is 11.9 Å². The average Bonchev–Trinajstić information content (AvgIpc) is 3.00. The van der Waals surface area contributed by atoms with Gasteiger partial charge in [-0.05, 0) is 43.8 Å². The zero-order valence-electron chi connectivity index (χ0n) is 12.8. The molecular formula is C16H18N6O. The number of nitrogens with zero attached hydrogens (tertiary/aromatic N) is 3. The summed E-state index contributed by atoms with van der Waals surface area (Å²) in [5.74, 6) is 0.170. The molecule has 0 aliphatic carbocycles. The highest BCUT2D eigenvalue weighted by molar-refractivity contribution is 6.08. The van der Waals surface area contributed by atoms with Crippen molar-refractivity contribution in [2.75, 3.05) is 24.6 Å². The fourth-order valence-corrected chi connectivity index (χ4v) is 2.29. The van der Waals surface area contributed by atoms with Crippen LogP contribution in [-0.4, -0.2) is 34.1 Å². The lowest BCUT2D eigenvalue weighted by molar-refractivity contribution is 0.102. The van der Waals surface area contributed by atoms with Gasteiger partial charge in [-0.15, -0.1) is 0 Å². The Hall–Kier alpha value is -2.93. The third-order valence-electron chi connectivity index (χ3n) is 3.55. The predicted octanol–water partition coefficient (Wildman–Crippen LogP) is 1.33. The van der Waals surface area contributed by atoms with E-state index < -0.39 is 0 Å². The second-order valence-electron chi connectivity index (χ2n) is 5.17. The standard InChI is InChI=1S/C16H18N6O/c1-18-8-6-11-2-4-12(5-3-11)21-16(23)13-10-20-22-14(17)7-9-19-15(13)22/h2-5,7,9-10,18H,6,8,17H2,1H3,(H,21,23). The van der Waals surface area contributed by atoms with E-state index in [1.165, 1.54) is 16.3 Å². The highest BCUT2D eigenvalue weighted by Gasteiger charge is 2.15. The third-order valence-corrected chi connectivity index (χ3v) is 3.55. The maximum Gasteiger partial charge on any atom is 0.261 e. The van der Waals surface area contributed by atoms with Crippen LogP contribution in [0.15, 0.2) is 42.7 Å². The Morgan fingerprint density at radius 3 is 2.78 bits per heavy atom. The van der Waals surface area contributed by atoms with Crippen LogP contribution in [0, 0.1) is 0 Å². The molecule has 0 aliphatic rings. The zero-order valence-corrected chi connectivity index (χ0v) is 12.8. The number of hydrogen-bond acceptors (Lipinski definition) is 5. The van der Waals surface area contributed by atoms with Crippen molar-refractivity contribution in [3.05, 3.63) is 53.9 Å². The number of carbonyl (C=O) groups excluding carboxylic acids is 1. The maximum atomic E-state index is 12.4. The lowest BCUT2D eigenvalue weighted by atomic mass is 10.1. The number of rotatable bonds is 5. The van der Waals surface area contributed by atoms with E-state index in [0.29, 0.717) is 17.0 Å². The minimum Gasteiger partial charge on any atom is -0.384 e. The third kappa shape index (κ3) is 3.14. The first-order chi connectivity index (χ1) is 11.2. The van der Waals surface area contributed by atoms with Crippen LogP contribution >= 0.6 is 0 Å². The molecule has 3 aromatic rings. The van der Waals surface area contributed by atoms with Gasteiger partial charge in [0.2, 0.25) is 0 Å². The van der Waals surface area contributed by atoms with Gasteiger partial charge in [0.05, 0.1) is 6.20 Å². The molecule has 2 heterocycles. The Balaban J connectivity index is 1.77. The minimum atomic E-state index is -0.263. The Morgan fingerprint density at radius 1 is 1.26 bits per heavy atom. The van der Waals surface area contributed by atoms with Gasteiger partial charge in [0.1, 0.15) is 11.4 Å². The first kappa shape index (κ1) is 15.0. The van der Waals surface area contributed by atoms with Gasteiger partial charge in [-0.3, -0.25) is 4.79 Å². The summed E-state index contributed by atoms with van der Waals surface area (Å²) in [5, 5.41) is 10.0. The molecular weight excluding hydrogens is 292 g/mol. The summed E-state index contributed by atoms with van der Waals surface area (Å²) in [7, 11) is 1.92. The summed E-state index contributed by atoms with van der Waals surface area (Å²) in [6, 6.07) is 9.40. The minimum absolute atomic E-state index is 0.263. The molecule has 7 nitrogen and oxygen atoms in total. The number of amides is 1. The topological polar surface area (TPSA) is 97.3 Å². The van der Waals surface area contributed by atoms with E-state index >= 15 is 0 Å². The molecule has 1 aromatic carbocycles. The van der Waals surface area contributed by atoms with Gasteiger partial charge in [-0.2, -0.15) is 9.61 Å². The quantitative estimate of drug-likeness (QED) is 0.660. The largest absolute Gasteiger partial charge is 0.384 e. The summed E-state index contributed by atoms with van der Waals surface area (Å²) >= 11 is 0. The average molecular weight is 310 g/mol. The van der Waals surface area contributed by atoms with E-state index in [4.69, 9.17) is 5.73 Å². The van der Waals surface area contributed by atoms with Crippen LogP contribution in [0.3, 0.4) is 0 Å². The van der Waals surface area contributed by atoms with Crippen molar-refractivity contribution in [2.45, 2.75) is 6.42 Å². The Morgan fingerprint density at radius 2 is 2.04 bits per heavy atom. The molecule has 0 atom stereocenters. The van der Waals surface area contributed by atoms with Crippen molar-refractivity contribution in [1.82, 2.24) is 19.9 Å². The fourth-order valence-electron chi connectivity index (χ4n) is 2.29. The van der Waals surface area contributed by atoms with E-state index in [1.807, 2.05) is 31.3 Å². The van der Waals surface area contributed by atoms with Gasteiger partial charge in [0.25, 0.3) is 5.91 Å². The number of aromatic nitrogens is 3. The van der Waals surface area contributed by atoms with Crippen LogP contribution in [0.1, 0.15) is 15.9 Å². The summed E-state index contributed by atoms with van der Waals surface area (Å²) in [4.78, 5) is 16.6. The number of nitrogens with one attached hydrogen (secondary N) is 2. The molecule has 0 fully saturated rings. The summed E-state index contributed by atoms with van der Waals surface area (Å²) < 4.78 is 1.44. The second-order valence-corrected chi connectivity index (χ2v) is 5.17. The van der Waals surface area contributed by atoms with Gasteiger partial charge in [0.15, 0.2) is 5.65 Å². The van der Waals surface area contributed by atoms with Crippen LogP contribution in [0.25, 0.3) is 5.65 Å². The van der Waals surface area contributed by atoms with E-state index in [1.54, 1.807) is 12.3 Å². The number of fused-ring (bicyclic) bond motifs is 1. The van der Waals surface area contributed by atoms with Gasteiger partial charge >= 0.3 is 0 Å². The molecule has 0 bridgehead atoms. The number of nitrogens with two attached hydrogens (primary N) is 1. The Kier molecular flexibility index (Phi) is 4.20. The normalized spacial score (nSPS) is 10.8. The molecule has 1 amide bonds. The van der Waals surface area contributed by atoms with Crippen LogP contribution in [0.4, 0.5) is 11.5 Å². The molecule has 7 heteroatoms. The highest BCUT2D eigenvalue weighted by Crippen LogP contribution is 2.15. The van der Waals surface area contributed by atoms with Gasteiger partial charge in [-0.25, -0.2) is 4.98 Å². The van der Waals surface area contributed by atoms with E-state index in [0.717, 1.165) is 18.7 Å². The van der Waals surface area contributed by atoms with E-state index in [-0.39, 0.29) is 5.91 Å². The molecule has 0 radical (unpaired) electrons. The number of hydrogen-bond donors (Lipinski definition) is 3. The van der Waals surface area contributed by atoms with Crippen LogP contribution in [0.2, 0.25) is 0 Å². The molecule has 0 unspecified atom stereocenters. The van der Waals surface area contributed by atoms with Crippen molar-refractivity contribution in [1.29, 1.82) is 0 Å². The van der Waals surface area contributed by atoms with Crippen molar-refractivity contribution in [2.24, 2.45) is 0 Å². The van der Waals surface area contributed by atoms with Crippen LogP contribution in [0.5, 0.6) is 0 Å². The smallest absolute Gasteiger partial charge is 0.261 e. The van der Waals surface area contributed by atoms with Crippen molar-refractivity contribution in [3.63, 3.8) is 0 Å². The van der Waals surface area contributed by atoms with Crippen molar-refractivity contribution in [3.8, 4) is 0 Å². The Bertz CT molecular complexity index is 824. The highest BCUT2D eigenvalue weighted by atomic mass is 16.1. The molecule has 0 spiro atoms. The second kappa shape index (κ2) is 6.45. The monoisotopic (exact) mass is 310 g/mol.